The van der Waals surface area contributed by atoms with Crippen molar-refractivity contribution in [2.24, 2.45) is 5.92 Å². The van der Waals surface area contributed by atoms with E-state index in [0.717, 1.165) is 25.0 Å². The van der Waals surface area contributed by atoms with Crippen LogP contribution >= 0.6 is 0 Å². The highest BCUT2D eigenvalue weighted by Crippen LogP contribution is 2.26. The van der Waals surface area contributed by atoms with Gasteiger partial charge in [-0.1, -0.05) is 24.6 Å². The molecule has 1 aliphatic rings. The summed E-state index contributed by atoms with van der Waals surface area (Å²) in [6, 6.07) is 5.68. The van der Waals surface area contributed by atoms with Crippen molar-refractivity contribution in [1.82, 2.24) is 20.0 Å². The number of carbonyl (C=O) groups is 1. The van der Waals surface area contributed by atoms with Gasteiger partial charge in [0.25, 0.3) is 0 Å². The van der Waals surface area contributed by atoms with Crippen LogP contribution in [0, 0.1) is 5.92 Å². The molecule has 0 saturated heterocycles. The van der Waals surface area contributed by atoms with Gasteiger partial charge in [-0.3, -0.25) is 4.98 Å². The first-order chi connectivity index (χ1) is 10.7. The predicted molar refractivity (Wildman–Crippen MR) is 80.2 cm³/mol. The Morgan fingerprint density at radius 2 is 2.32 bits per heavy atom. The number of rotatable bonds is 4. The molecule has 2 aromatic heterocycles. The minimum atomic E-state index is -0.383. The predicted octanol–water partition coefficient (Wildman–Crippen LogP) is 2.46. The SMILES string of the molecule is CC1CCCC(OC(=O)c2cn(Cc3ccccn3)nn2)C1. The quantitative estimate of drug-likeness (QED) is 0.811. The molecule has 22 heavy (non-hydrogen) atoms. The summed E-state index contributed by atoms with van der Waals surface area (Å²) < 4.78 is 7.14. The number of carbonyl (C=O) groups excluding carboxylic acids is 1. The molecule has 2 atom stereocenters. The van der Waals surface area contributed by atoms with Crippen LogP contribution in [0.1, 0.15) is 48.8 Å². The maximum Gasteiger partial charge on any atom is 0.360 e. The van der Waals surface area contributed by atoms with Crippen LogP contribution < -0.4 is 0 Å². The first-order valence-electron chi connectivity index (χ1n) is 7.72. The molecule has 1 aliphatic carbocycles. The average molecular weight is 300 g/mol. The fourth-order valence-corrected chi connectivity index (χ4v) is 2.82. The first kappa shape index (κ1) is 14.7. The summed E-state index contributed by atoms with van der Waals surface area (Å²) >= 11 is 0. The van der Waals surface area contributed by atoms with E-state index in [1.165, 1.54) is 6.42 Å². The van der Waals surface area contributed by atoms with Crippen molar-refractivity contribution < 1.29 is 9.53 Å². The van der Waals surface area contributed by atoms with Crippen LogP contribution in [0.3, 0.4) is 0 Å². The largest absolute Gasteiger partial charge is 0.458 e. The molecule has 0 radical (unpaired) electrons. The highest BCUT2D eigenvalue weighted by molar-refractivity contribution is 5.86. The van der Waals surface area contributed by atoms with Gasteiger partial charge < -0.3 is 4.74 Å². The number of hydrogen-bond acceptors (Lipinski definition) is 5. The Morgan fingerprint density at radius 1 is 1.41 bits per heavy atom. The minimum Gasteiger partial charge on any atom is -0.458 e. The highest BCUT2D eigenvalue weighted by atomic mass is 16.5. The topological polar surface area (TPSA) is 69.9 Å². The van der Waals surface area contributed by atoms with Crippen molar-refractivity contribution in [3.05, 3.63) is 42.0 Å². The van der Waals surface area contributed by atoms with E-state index in [0.29, 0.717) is 12.5 Å². The van der Waals surface area contributed by atoms with Gasteiger partial charge in [0, 0.05) is 6.20 Å². The normalized spacial score (nSPS) is 21.5. The van der Waals surface area contributed by atoms with Crippen LogP contribution in [-0.4, -0.2) is 32.1 Å². The molecule has 0 bridgehead atoms. The molecule has 2 aromatic rings. The van der Waals surface area contributed by atoms with Gasteiger partial charge in [0.15, 0.2) is 5.69 Å². The van der Waals surface area contributed by atoms with Gasteiger partial charge in [-0.15, -0.1) is 5.10 Å². The summed E-state index contributed by atoms with van der Waals surface area (Å²) in [6.45, 7) is 2.69. The van der Waals surface area contributed by atoms with E-state index < -0.39 is 0 Å². The molecule has 0 N–H and O–H groups in total. The second kappa shape index (κ2) is 6.68. The minimum absolute atomic E-state index is 0.0113. The molecule has 116 valence electrons. The standard InChI is InChI=1S/C16H20N4O2/c1-12-5-4-7-14(9-12)22-16(21)15-11-20(19-18-15)10-13-6-2-3-8-17-13/h2-3,6,8,11-12,14H,4-5,7,9-10H2,1H3. The molecule has 0 aromatic carbocycles. The number of pyridine rings is 1. The molecular formula is C16H20N4O2. The number of esters is 1. The molecular weight excluding hydrogens is 280 g/mol. The summed E-state index contributed by atoms with van der Waals surface area (Å²) in [4.78, 5) is 16.4. The number of nitrogens with zero attached hydrogens (tertiary/aromatic N) is 4. The molecule has 0 aliphatic heterocycles. The molecule has 6 heteroatoms. The van der Waals surface area contributed by atoms with Gasteiger partial charge >= 0.3 is 5.97 Å². The molecule has 1 saturated carbocycles. The number of ether oxygens (including phenoxy) is 1. The van der Waals surface area contributed by atoms with E-state index in [4.69, 9.17) is 4.74 Å². The fourth-order valence-electron chi connectivity index (χ4n) is 2.82. The fraction of sp³-hybridized carbons (Fsp3) is 0.500. The zero-order valence-electron chi connectivity index (χ0n) is 12.7. The first-order valence-corrected chi connectivity index (χ1v) is 7.72. The zero-order chi connectivity index (χ0) is 15.4. The Balaban J connectivity index is 1.59. The Morgan fingerprint density at radius 3 is 3.09 bits per heavy atom. The van der Waals surface area contributed by atoms with E-state index >= 15 is 0 Å². The van der Waals surface area contributed by atoms with Gasteiger partial charge in [-0.05, 0) is 37.3 Å². The molecule has 3 rings (SSSR count). The summed E-state index contributed by atoms with van der Waals surface area (Å²) in [7, 11) is 0. The van der Waals surface area contributed by atoms with Gasteiger partial charge in [-0.25, -0.2) is 9.48 Å². The van der Waals surface area contributed by atoms with Crippen LogP contribution in [0.15, 0.2) is 30.6 Å². The van der Waals surface area contributed by atoms with E-state index in [1.54, 1.807) is 17.1 Å². The van der Waals surface area contributed by atoms with Gasteiger partial charge in [0.1, 0.15) is 6.10 Å². The lowest BCUT2D eigenvalue weighted by Gasteiger charge is -2.26. The average Bonchev–Trinajstić information content (AvgIpc) is 2.97. The van der Waals surface area contributed by atoms with Gasteiger partial charge in [0.05, 0.1) is 18.4 Å². The summed E-state index contributed by atoms with van der Waals surface area (Å²) in [5, 5.41) is 7.87. The third kappa shape index (κ3) is 3.69. The second-order valence-corrected chi connectivity index (χ2v) is 5.92. The summed E-state index contributed by atoms with van der Waals surface area (Å²) in [5.41, 5.74) is 1.13. The molecule has 2 heterocycles. The smallest absolute Gasteiger partial charge is 0.360 e. The van der Waals surface area contributed by atoms with E-state index in [-0.39, 0.29) is 17.8 Å². The van der Waals surface area contributed by atoms with Crippen LogP contribution in [0.5, 0.6) is 0 Å². The highest BCUT2D eigenvalue weighted by Gasteiger charge is 2.24. The maximum absolute atomic E-state index is 12.1. The lowest BCUT2D eigenvalue weighted by Crippen LogP contribution is -2.24. The monoisotopic (exact) mass is 300 g/mol. The van der Waals surface area contributed by atoms with Crippen LogP contribution in [0.2, 0.25) is 0 Å². The Labute approximate surface area is 129 Å². The van der Waals surface area contributed by atoms with E-state index in [9.17, 15) is 4.79 Å². The Kier molecular flexibility index (Phi) is 4.46. The van der Waals surface area contributed by atoms with Crippen molar-refractivity contribution in [2.45, 2.75) is 45.3 Å². The third-order valence-electron chi connectivity index (χ3n) is 3.96. The van der Waals surface area contributed by atoms with Crippen LogP contribution in [-0.2, 0) is 11.3 Å². The third-order valence-corrected chi connectivity index (χ3v) is 3.96. The zero-order valence-corrected chi connectivity index (χ0v) is 12.7. The van der Waals surface area contributed by atoms with E-state index in [1.807, 2.05) is 18.2 Å². The van der Waals surface area contributed by atoms with Crippen molar-refractivity contribution in [3.63, 3.8) is 0 Å². The summed E-state index contributed by atoms with van der Waals surface area (Å²) in [6.07, 6.45) is 7.57. The lowest BCUT2D eigenvalue weighted by atomic mass is 9.89. The molecule has 0 spiro atoms. The van der Waals surface area contributed by atoms with Crippen molar-refractivity contribution >= 4 is 5.97 Å². The van der Waals surface area contributed by atoms with Crippen LogP contribution in [0.25, 0.3) is 0 Å². The van der Waals surface area contributed by atoms with Gasteiger partial charge in [-0.2, -0.15) is 0 Å². The maximum atomic E-state index is 12.1. The summed E-state index contributed by atoms with van der Waals surface area (Å²) in [5.74, 6) is 0.234. The number of hydrogen-bond donors (Lipinski definition) is 0. The molecule has 1 fully saturated rings. The molecule has 6 nitrogen and oxygen atoms in total. The lowest BCUT2D eigenvalue weighted by molar-refractivity contribution is 0.0148. The Hall–Kier alpha value is -2.24. The van der Waals surface area contributed by atoms with Crippen molar-refractivity contribution in [3.8, 4) is 0 Å². The van der Waals surface area contributed by atoms with Crippen molar-refractivity contribution in [1.29, 1.82) is 0 Å². The van der Waals surface area contributed by atoms with E-state index in [2.05, 4.69) is 22.2 Å². The molecule has 0 amide bonds. The van der Waals surface area contributed by atoms with Crippen LogP contribution in [0.4, 0.5) is 0 Å². The van der Waals surface area contributed by atoms with Gasteiger partial charge in [0.2, 0.25) is 0 Å². The van der Waals surface area contributed by atoms with Crippen molar-refractivity contribution in [2.75, 3.05) is 0 Å². The second-order valence-electron chi connectivity index (χ2n) is 5.92. The number of aromatic nitrogens is 4. The Bertz CT molecular complexity index is 626. The molecule has 2 unspecified atom stereocenters.